The van der Waals surface area contributed by atoms with Crippen molar-refractivity contribution >= 4 is 37.6 Å². The van der Waals surface area contributed by atoms with Gasteiger partial charge in [0.05, 0.1) is 11.5 Å². The first-order valence-electron chi connectivity index (χ1n) is 8.94. The fraction of sp³-hybridized carbons (Fsp3) is 0.556. The molecule has 7 nitrogen and oxygen atoms in total. The predicted octanol–water partition coefficient (Wildman–Crippen LogP) is 2.27. The highest BCUT2D eigenvalue weighted by molar-refractivity contribution is 9.10. The second kappa shape index (κ2) is 8.18. The first kappa shape index (κ1) is 20.1. The van der Waals surface area contributed by atoms with Gasteiger partial charge in [0.15, 0.2) is 16.4 Å². The average Bonchev–Trinajstić information content (AvgIpc) is 3.25. The molecule has 1 aromatic carbocycles. The van der Waals surface area contributed by atoms with Crippen LogP contribution in [0.3, 0.4) is 0 Å². The van der Waals surface area contributed by atoms with E-state index in [0.717, 1.165) is 25.7 Å². The van der Waals surface area contributed by atoms with Crippen LogP contribution in [0.15, 0.2) is 22.7 Å². The van der Waals surface area contributed by atoms with Gasteiger partial charge in [0.25, 0.3) is 5.91 Å². The maximum atomic E-state index is 12.8. The molecule has 2 fully saturated rings. The molecule has 1 aliphatic carbocycles. The minimum atomic E-state index is -3.13. The molecule has 1 atom stereocenters. The molecular weight excluding hydrogens is 438 g/mol. The molecule has 1 aromatic rings. The molecule has 1 unspecified atom stereocenters. The number of halogens is 1. The summed E-state index contributed by atoms with van der Waals surface area (Å²) in [5.74, 6) is -1.36. The molecular formula is C18H22BrNO6S. The zero-order valence-corrected chi connectivity index (χ0v) is 17.2. The summed E-state index contributed by atoms with van der Waals surface area (Å²) in [4.78, 5) is 26.6. The quantitative estimate of drug-likeness (QED) is 0.677. The number of nitrogens with zero attached hydrogens (tertiary/aromatic N) is 1. The number of carbonyl (C=O) groups excluding carboxylic acids is 2. The Balaban J connectivity index is 1.69. The normalized spacial score (nSPS) is 21.9. The van der Waals surface area contributed by atoms with E-state index in [1.165, 1.54) is 12.1 Å². The maximum Gasteiger partial charge on any atom is 0.342 e. The van der Waals surface area contributed by atoms with Gasteiger partial charge in [-0.2, -0.15) is 0 Å². The Morgan fingerprint density at radius 2 is 1.89 bits per heavy atom. The monoisotopic (exact) mass is 459 g/mol. The predicted molar refractivity (Wildman–Crippen MR) is 102 cm³/mol. The Morgan fingerprint density at radius 3 is 2.52 bits per heavy atom. The molecule has 3 rings (SSSR count). The van der Waals surface area contributed by atoms with Crippen LogP contribution < -0.4 is 0 Å². The average molecular weight is 460 g/mol. The first-order valence-corrected chi connectivity index (χ1v) is 11.6. The summed E-state index contributed by atoms with van der Waals surface area (Å²) < 4.78 is 29.4. The Morgan fingerprint density at radius 1 is 1.19 bits per heavy atom. The van der Waals surface area contributed by atoms with Crippen LogP contribution in [-0.4, -0.2) is 60.5 Å². The van der Waals surface area contributed by atoms with Gasteiger partial charge >= 0.3 is 5.97 Å². The Bertz CT molecular complexity index is 834. The third-order valence-corrected chi connectivity index (χ3v) is 7.36. The van der Waals surface area contributed by atoms with Crippen molar-refractivity contribution in [1.29, 1.82) is 0 Å². The van der Waals surface area contributed by atoms with Crippen LogP contribution in [0.4, 0.5) is 0 Å². The lowest BCUT2D eigenvalue weighted by molar-refractivity contribution is -0.139. The van der Waals surface area contributed by atoms with E-state index in [1.807, 2.05) is 0 Å². The lowest BCUT2D eigenvalue weighted by Crippen LogP contribution is -2.48. The second-order valence-corrected chi connectivity index (χ2v) is 10.2. The van der Waals surface area contributed by atoms with Crippen LogP contribution in [0.2, 0.25) is 0 Å². The Labute approximate surface area is 166 Å². The van der Waals surface area contributed by atoms with E-state index in [0.29, 0.717) is 10.9 Å². The molecule has 2 aliphatic rings. The number of carbonyl (C=O) groups is 2. The van der Waals surface area contributed by atoms with Crippen LogP contribution in [0.25, 0.3) is 0 Å². The van der Waals surface area contributed by atoms with Gasteiger partial charge in [0, 0.05) is 16.6 Å². The fourth-order valence-corrected chi connectivity index (χ4v) is 5.91. The molecule has 1 N–H and O–H groups in total. The van der Waals surface area contributed by atoms with Gasteiger partial charge in [-0.1, -0.05) is 28.8 Å². The minimum Gasteiger partial charge on any atom is -0.507 e. The van der Waals surface area contributed by atoms with Crippen molar-refractivity contribution in [2.24, 2.45) is 0 Å². The van der Waals surface area contributed by atoms with Crippen molar-refractivity contribution in [2.75, 3.05) is 18.1 Å². The summed E-state index contributed by atoms with van der Waals surface area (Å²) in [5, 5.41) is 9.80. The van der Waals surface area contributed by atoms with E-state index < -0.39 is 22.4 Å². The first-order chi connectivity index (χ1) is 12.8. The van der Waals surface area contributed by atoms with Crippen molar-refractivity contribution in [2.45, 2.75) is 44.2 Å². The molecule has 0 spiro atoms. The molecule has 0 bridgehead atoms. The molecule has 1 aliphatic heterocycles. The minimum absolute atomic E-state index is 0.00576. The number of aromatic hydroxyl groups is 1. The van der Waals surface area contributed by atoms with Crippen LogP contribution in [0, 0.1) is 0 Å². The fourth-order valence-electron chi connectivity index (χ4n) is 3.83. The second-order valence-electron chi connectivity index (χ2n) is 7.03. The summed E-state index contributed by atoms with van der Waals surface area (Å²) in [7, 11) is -3.13. The van der Waals surface area contributed by atoms with Gasteiger partial charge in [0.1, 0.15) is 11.3 Å². The Hall–Kier alpha value is -1.61. The van der Waals surface area contributed by atoms with E-state index in [4.69, 9.17) is 4.74 Å². The number of ether oxygens (including phenoxy) is 1. The smallest absolute Gasteiger partial charge is 0.342 e. The van der Waals surface area contributed by atoms with Gasteiger partial charge in [-0.05, 0) is 37.5 Å². The van der Waals surface area contributed by atoms with Crippen molar-refractivity contribution in [3.63, 3.8) is 0 Å². The molecule has 0 aromatic heterocycles. The molecule has 1 saturated heterocycles. The van der Waals surface area contributed by atoms with Crippen molar-refractivity contribution < 1.29 is 27.9 Å². The summed E-state index contributed by atoms with van der Waals surface area (Å²) in [6.07, 6.45) is 4.09. The molecule has 1 saturated carbocycles. The highest BCUT2D eigenvalue weighted by Gasteiger charge is 2.39. The van der Waals surface area contributed by atoms with Crippen LogP contribution in [0.1, 0.15) is 42.5 Å². The number of benzene rings is 1. The third-order valence-electron chi connectivity index (χ3n) is 5.11. The molecule has 0 radical (unpaired) electrons. The zero-order chi connectivity index (χ0) is 19.6. The SMILES string of the molecule is O=C(OCC(=O)N(C1CCCC1)C1CCS(=O)(=O)C1)c1cc(Br)ccc1O. The van der Waals surface area contributed by atoms with Crippen LogP contribution in [0.5, 0.6) is 5.75 Å². The van der Waals surface area contributed by atoms with Gasteiger partial charge in [-0.15, -0.1) is 0 Å². The largest absolute Gasteiger partial charge is 0.507 e. The molecule has 1 heterocycles. The van der Waals surface area contributed by atoms with E-state index >= 15 is 0 Å². The summed E-state index contributed by atoms with van der Waals surface area (Å²) >= 11 is 3.22. The van der Waals surface area contributed by atoms with Gasteiger partial charge < -0.3 is 14.7 Å². The van der Waals surface area contributed by atoms with Gasteiger partial charge in [-0.3, -0.25) is 4.79 Å². The lowest BCUT2D eigenvalue weighted by atomic mass is 10.1. The molecule has 1 amide bonds. The lowest BCUT2D eigenvalue weighted by Gasteiger charge is -2.33. The van der Waals surface area contributed by atoms with Crippen molar-refractivity contribution in [3.8, 4) is 5.75 Å². The number of esters is 1. The molecule has 27 heavy (non-hydrogen) atoms. The summed E-state index contributed by atoms with van der Waals surface area (Å²) in [6, 6.07) is 3.99. The number of phenols is 1. The van der Waals surface area contributed by atoms with E-state index in [9.17, 15) is 23.1 Å². The number of rotatable bonds is 5. The van der Waals surface area contributed by atoms with E-state index in [-0.39, 0.29) is 40.8 Å². The number of hydrogen-bond donors (Lipinski definition) is 1. The number of amides is 1. The third kappa shape index (κ3) is 4.82. The van der Waals surface area contributed by atoms with Crippen molar-refractivity contribution in [1.82, 2.24) is 4.90 Å². The summed E-state index contributed by atoms with van der Waals surface area (Å²) in [5.41, 5.74) is -0.0342. The van der Waals surface area contributed by atoms with E-state index in [2.05, 4.69) is 15.9 Å². The number of phenolic OH excluding ortho intramolecular Hbond substituents is 1. The summed E-state index contributed by atoms with van der Waals surface area (Å²) in [6.45, 7) is -0.474. The number of sulfone groups is 1. The standard InChI is InChI=1S/C18H22BrNO6S/c19-12-5-6-16(21)15(9-12)18(23)26-10-17(22)20(13-3-1-2-4-13)14-7-8-27(24,25)11-14/h5-6,9,13-14,21H,1-4,7-8,10-11H2. The maximum absolute atomic E-state index is 12.8. The van der Waals surface area contributed by atoms with Gasteiger partial charge in [-0.25, -0.2) is 13.2 Å². The van der Waals surface area contributed by atoms with Gasteiger partial charge in [0.2, 0.25) is 0 Å². The zero-order valence-electron chi connectivity index (χ0n) is 14.8. The van der Waals surface area contributed by atoms with Crippen LogP contribution in [-0.2, 0) is 19.4 Å². The number of hydrogen-bond acceptors (Lipinski definition) is 6. The topological polar surface area (TPSA) is 101 Å². The molecule has 148 valence electrons. The Kier molecular flexibility index (Phi) is 6.10. The van der Waals surface area contributed by atoms with Crippen LogP contribution >= 0.6 is 15.9 Å². The van der Waals surface area contributed by atoms with E-state index in [1.54, 1.807) is 11.0 Å². The molecule has 9 heteroatoms. The highest BCUT2D eigenvalue weighted by atomic mass is 79.9. The van der Waals surface area contributed by atoms with Crippen molar-refractivity contribution in [3.05, 3.63) is 28.2 Å². The highest BCUT2D eigenvalue weighted by Crippen LogP contribution is 2.29.